The first-order chi connectivity index (χ1) is 50.6. The molecular formula is C72H98N7O25S4+. The summed E-state index contributed by atoms with van der Waals surface area (Å²) in [5.74, 6) is -6.13. The van der Waals surface area contributed by atoms with Crippen LogP contribution in [0, 0.1) is 0 Å². The molecule has 3 aromatic rings. The number of urea groups is 1. The minimum absolute atomic E-state index is 0.0327. The third-order valence-corrected chi connectivity index (χ3v) is 22.2. The van der Waals surface area contributed by atoms with Gasteiger partial charge in [-0.1, -0.05) is 32.8 Å². The normalized spacial score (nSPS) is 16.5. The van der Waals surface area contributed by atoms with Gasteiger partial charge >= 0.3 is 29.9 Å². The number of nitrogens with one attached hydrogen (secondary N) is 5. The zero-order valence-corrected chi connectivity index (χ0v) is 63.9. The first kappa shape index (κ1) is 88.0. The average molecular weight is 1590 g/mol. The Labute approximate surface area is 628 Å². The van der Waals surface area contributed by atoms with E-state index in [0.29, 0.717) is 142 Å². The Bertz CT molecular complexity index is 4450. The third-order valence-electron chi connectivity index (χ3n) is 18.9. The number of ether oxygens (including phenoxy) is 1. The number of aliphatic carboxylic acids is 4. The number of fused-ring (bicyclic) bond motifs is 2. The average Bonchev–Trinajstić information content (AvgIpc) is 1.59. The number of allylic oxidation sites excluding steroid dienone is 7. The van der Waals surface area contributed by atoms with Crippen molar-refractivity contribution in [2.24, 2.45) is 0 Å². The Morgan fingerprint density at radius 1 is 0.528 bits per heavy atom. The van der Waals surface area contributed by atoms with Crippen LogP contribution in [0.2, 0.25) is 0 Å². The number of benzene rings is 3. The molecule has 6 rings (SSSR count). The van der Waals surface area contributed by atoms with E-state index in [9.17, 15) is 106 Å². The number of hydrogen-bond acceptors (Lipinski definition) is 18. The minimum atomic E-state index is -4.63. The van der Waals surface area contributed by atoms with Crippen LogP contribution in [0.25, 0.3) is 0 Å². The highest BCUT2D eigenvalue weighted by atomic mass is 32.2. The van der Waals surface area contributed by atoms with Gasteiger partial charge in [0.05, 0.1) is 25.9 Å². The van der Waals surface area contributed by atoms with Crippen LogP contribution in [0.1, 0.15) is 187 Å². The lowest BCUT2D eigenvalue weighted by atomic mass is 9.81. The molecular weight excluding hydrogens is 1490 g/mol. The number of carbonyl (C=O) groups is 8. The second-order valence-corrected chi connectivity index (χ2v) is 33.6. The maximum Gasteiger partial charge on any atom is 0.326 e. The van der Waals surface area contributed by atoms with Crippen LogP contribution in [-0.2, 0) is 84.9 Å². The van der Waals surface area contributed by atoms with Crippen molar-refractivity contribution in [3.8, 4) is 5.75 Å². The fraction of sp³-hybridized carbons (Fsp3) is 0.514. The number of unbranched alkanes of at least 4 members (excludes halogenated alkanes) is 8. The topological polar surface area (TPSA) is 511 Å². The van der Waals surface area contributed by atoms with Crippen LogP contribution in [0.15, 0.2) is 122 Å². The molecule has 0 saturated carbocycles. The van der Waals surface area contributed by atoms with Crippen molar-refractivity contribution in [1.29, 1.82) is 0 Å². The van der Waals surface area contributed by atoms with Crippen LogP contribution in [0.5, 0.6) is 5.75 Å². The number of carboxylic acid groups (broad SMARTS) is 4. The molecule has 0 saturated heterocycles. The van der Waals surface area contributed by atoms with Crippen LogP contribution in [-0.4, -0.2) is 180 Å². The molecule has 36 heteroatoms. The van der Waals surface area contributed by atoms with Gasteiger partial charge in [0.15, 0.2) is 5.71 Å². The lowest BCUT2D eigenvalue weighted by Gasteiger charge is -2.27. The fourth-order valence-electron chi connectivity index (χ4n) is 13.1. The molecule has 108 heavy (non-hydrogen) atoms. The summed E-state index contributed by atoms with van der Waals surface area (Å²) in [6.07, 6.45) is 14.3. The maximum absolute atomic E-state index is 13.0. The van der Waals surface area contributed by atoms with Gasteiger partial charge in [-0.3, -0.25) is 37.4 Å². The summed E-state index contributed by atoms with van der Waals surface area (Å²) in [5, 5.41) is 49.8. The molecule has 3 aliphatic rings. The fourth-order valence-corrected chi connectivity index (χ4v) is 15.1. The van der Waals surface area contributed by atoms with E-state index in [4.69, 9.17) is 9.84 Å². The van der Waals surface area contributed by atoms with Gasteiger partial charge in [0.2, 0.25) is 23.4 Å². The summed E-state index contributed by atoms with van der Waals surface area (Å²) in [4.78, 5) is 97.2. The van der Waals surface area contributed by atoms with E-state index in [2.05, 4.69) is 26.6 Å². The summed E-state index contributed by atoms with van der Waals surface area (Å²) in [7, 11) is -18.1. The highest BCUT2D eigenvalue weighted by Crippen LogP contribution is 2.49. The highest BCUT2D eigenvalue weighted by molar-refractivity contribution is 7.86. The SMILES string of the molecule is CC1(C)C(/C=C/C2=C(Oc3ccc(S(=O)(=O)O)cc3)C(=C/C=C3/N(CCCCS(=O)(=O)O)c4ccc(S(=O)(=O)O)cc4C3(C)C)/CCC2)=[N+](CCCCCC(=O)NCCCCC(NC(=O)CCCCCCC(=O)NCCCC[C@H](NC(=O)NC(CCC(=O)O)C(=O)O)C(=O)O)C(=O)O)c2ccc(S(=O)(=O)O)cc21. The van der Waals surface area contributed by atoms with E-state index in [1.165, 1.54) is 48.5 Å². The Morgan fingerprint density at radius 3 is 1.57 bits per heavy atom. The van der Waals surface area contributed by atoms with E-state index in [1.54, 1.807) is 12.1 Å². The zero-order valence-electron chi connectivity index (χ0n) is 60.7. The van der Waals surface area contributed by atoms with Crippen molar-refractivity contribution in [2.45, 2.75) is 219 Å². The number of carboxylic acids is 4. The molecule has 3 aromatic carbocycles. The van der Waals surface area contributed by atoms with Gasteiger partial charge in [-0.2, -0.15) is 38.2 Å². The number of carbonyl (C=O) groups excluding carboxylic acids is 4. The van der Waals surface area contributed by atoms with Gasteiger partial charge < -0.3 is 56.6 Å². The maximum atomic E-state index is 13.0. The van der Waals surface area contributed by atoms with Crippen LogP contribution >= 0.6 is 0 Å². The first-order valence-corrected chi connectivity index (χ1v) is 41.5. The predicted molar refractivity (Wildman–Crippen MR) is 395 cm³/mol. The number of hydrogen-bond donors (Lipinski definition) is 13. The monoisotopic (exact) mass is 1590 g/mol. The van der Waals surface area contributed by atoms with Gasteiger partial charge in [0, 0.05) is 86.2 Å². The summed E-state index contributed by atoms with van der Waals surface area (Å²) in [5.41, 5.74) is 3.45. The summed E-state index contributed by atoms with van der Waals surface area (Å²) in [6, 6.07) is 8.57. The Balaban J connectivity index is 1.03. The molecule has 0 aromatic heterocycles. The lowest BCUT2D eigenvalue weighted by molar-refractivity contribution is -0.438. The molecule has 3 atom stereocenters. The predicted octanol–water partition coefficient (Wildman–Crippen LogP) is 8.27. The first-order valence-electron chi connectivity index (χ1n) is 35.6. The summed E-state index contributed by atoms with van der Waals surface area (Å²) < 4.78 is 145. The van der Waals surface area contributed by atoms with Gasteiger partial charge in [0.1, 0.15) is 36.2 Å². The quantitative estimate of drug-likeness (QED) is 0.0144. The van der Waals surface area contributed by atoms with Crippen molar-refractivity contribution < 1.29 is 120 Å². The molecule has 0 radical (unpaired) electrons. The number of anilines is 1. The molecule has 2 unspecified atom stereocenters. The molecule has 0 bridgehead atoms. The second-order valence-electron chi connectivity index (χ2n) is 27.8. The molecule has 5 amide bonds. The molecule has 2 heterocycles. The Kier molecular flexibility index (Phi) is 32.1. The highest BCUT2D eigenvalue weighted by Gasteiger charge is 2.46. The lowest BCUT2D eigenvalue weighted by Crippen LogP contribution is -2.51. The molecule has 0 fully saturated rings. The largest absolute Gasteiger partial charge is 0.481 e. The van der Waals surface area contributed by atoms with Gasteiger partial charge in [0.25, 0.3) is 40.5 Å². The summed E-state index contributed by atoms with van der Waals surface area (Å²) in [6.45, 7) is 8.69. The van der Waals surface area contributed by atoms with E-state index in [-0.39, 0.29) is 96.8 Å². The minimum Gasteiger partial charge on any atom is -0.481 e. The van der Waals surface area contributed by atoms with Crippen LogP contribution < -0.4 is 36.2 Å². The van der Waals surface area contributed by atoms with Crippen molar-refractivity contribution in [1.82, 2.24) is 26.6 Å². The van der Waals surface area contributed by atoms with E-state index < -0.39 is 124 Å². The van der Waals surface area contributed by atoms with Crippen molar-refractivity contribution in [3.05, 3.63) is 119 Å². The second kappa shape index (κ2) is 39.5. The smallest absolute Gasteiger partial charge is 0.326 e. The third kappa shape index (κ3) is 26.7. The summed E-state index contributed by atoms with van der Waals surface area (Å²) >= 11 is 0. The van der Waals surface area contributed by atoms with E-state index in [1.807, 2.05) is 61.5 Å². The molecule has 1 aliphatic carbocycles. The van der Waals surface area contributed by atoms with Crippen molar-refractivity contribution in [2.75, 3.05) is 36.8 Å². The van der Waals surface area contributed by atoms with Crippen LogP contribution in [0.4, 0.5) is 16.2 Å². The molecule has 13 N–H and O–H groups in total. The van der Waals surface area contributed by atoms with Gasteiger partial charge in [-0.25, -0.2) is 19.2 Å². The molecule has 594 valence electrons. The number of nitrogens with zero attached hydrogens (tertiary/aromatic N) is 2. The number of amides is 5. The zero-order chi connectivity index (χ0) is 80.0. The van der Waals surface area contributed by atoms with E-state index >= 15 is 0 Å². The van der Waals surface area contributed by atoms with Crippen LogP contribution in [0.3, 0.4) is 0 Å². The van der Waals surface area contributed by atoms with Gasteiger partial charge in [-0.15, -0.1) is 0 Å². The Hall–Kier alpha value is -8.91. The van der Waals surface area contributed by atoms with E-state index in [0.717, 1.165) is 5.71 Å². The van der Waals surface area contributed by atoms with Crippen molar-refractivity contribution in [3.63, 3.8) is 0 Å². The molecule has 0 spiro atoms. The van der Waals surface area contributed by atoms with Crippen molar-refractivity contribution >= 4 is 105 Å². The molecule has 2 aliphatic heterocycles. The molecule has 32 nitrogen and oxygen atoms in total. The van der Waals surface area contributed by atoms with Gasteiger partial charge in [-0.05, 0) is 200 Å². The Morgan fingerprint density at radius 2 is 1.04 bits per heavy atom. The standard InChI is InChI=1S/C72H97N7O25S4/c1-71(2)53-45-51(107(98,99)100)32-35-58(53)78(42-15-7-10-24-63(81)74-40-13-11-21-55(67(85)86)75-64(82)25-9-6-5-8-23-62(80)73-41-14-12-22-56(68(87)88)76-70(91)77-57(69(89)90)34-39-65(83)84)60(71)37-26-47-19-18-20-48(66(47)104-49-28-30-50(31-29-49)106(95,96)97)27-38-61-72(3,4)54-46-52(108(101,102)103)33-36-59(54)79(61)43-16-17-44-105(92,93)94/h26-33,35-38,45-46,55-57H,5-25,34,39-44H2,1-4H3,(H12-,73,74,75,76,77,80,81,82,83,84,85,86,87,88,89,90,91,92,93,94,95,96,97,98,99,100,101,102,103)/p+1/t55?,56-,57?/m0/s1. The number of rotatable bonds is 45.